The van der Waals surface area contributed by atoms with E-state index in [4.69, 9.17) is 0 Å². The lowest BCUT2D eigenvalue weighted by molar-refractivity contribution is 0.166. The van der Waals surface area contributed by atoms with Crippen molar-refractivity contribution in [2.45, 2.75) is 26.7 Å². The molecule has 0 aromatic heterocycles. The van der Waals surface area contributed by atoms with Crippen LogP contribution in [0.5, 0.6) is 0 Å². The van der Waals surface area contributed by atoms with E-state index in [0.29, 0.717) is 18.1 Å². The van der Waals surface area contributed by atoms with E-state index in [0.717, 1.165) is 32.5 Å². The average molecular weight is 262 g/mol. The Morgan fingerprint density at radius 1 is 1.29 bits per heavy atom. The third-order valence-corrected chi connectivity index (χ3v) is 5.43. The molecule has 1 saturated heterocycles. The second-order valence-electron chi connectivity index (χ2n) is 5.48. The van der Waals surface area contributed by atoms with E-state index in [1.54, 1.807) is 0 Å². The highest BCUT2D eigenvalue weighted by Gasteiger charge is 2.27. The zero-order chi connectivity index (χ0) is 12.9. The van der Waals surface area contributed by atoms with Crippen molar-refractivity contribution in [1.29, 1.82) is 0 Å². The zero-order valence-corrected chi connectivity index (χ0v) is 12.1. The van der Waals surface area contributed by atoms with Crippen LogP contribution in [-0.2, 0) is 9.84 Å². The average Bonchev–Trinajstić information content (AvgIpc) is 2.41. The van der Waals surface area contributed by atoms with E-state index in [-0.39, 0.29) is 5.41 Å². The number of hydrogen-bond donors (Lipinski definition) is 1. The molecule has 0 spiro atoms. The van der Waals surface area contributed by atoms with Gasteiger partial charge in [0.15, 0.2) is 9.84 Å². The van der Waals surface area contributed by atoms with Crippen molar-refractivity contribution in [1.82, 2.24) is 10.2 Å². The van der Waals surface area contributed by atoms with Crippen LogP contribution in [-0.4, -0.2) is 58.1 Å². The van der Waals surface area contributed by atoms with Gasteiger partial charge in [-0.1, -0.05) is 13.8 Å². The largest absolute Gasteiger partial charge is 0.319 e. The Kier molecular flexibility index (Phi) is 5.41. The summed E-state index contributed by atoms with van der Waals surface area (Å²) in [6, 6.07) is 0. The van der Waals surface area contributed by atoms with Crippen LogP contribution in [0.15, 0.2) is 0 Å². The predicted octanol–water partition coefficient (Wildman–Crippen LogP) is 0.743. The van der Waals surface area contributed by atoms with Crippen LogP contribution in [0.25, 0.3) is 0 Å². The van der Waals surface area contributed by atoms with Gasteiger partial charge in [0, 0.05) is 19.6 Å². The second kappa shape index (κ2) is 6.16. The highest BCUT2D eigenvalue weighted by molar-refractivity contribution is 7.91. The summed E-state index contributed by atoms with van der Waals surface area (Å²) in [6.45, 7) is 8.04. The van der Waals surface area contributed by atoms with Gasteiger partial charge in [0.1, 0.15) is 0 Å². The number of rotatable bonds is 5. The fraction of sp³-hybridized carbons (Fsp3) is 1.00. The molecule has 17 heavy (non-hydrogen) atoms. The van der Waals surface area contributed by atoms with Crippen LogP contribution >= 0.6 is 0 Å². The van der Waals surface area contributed by atoms with Crippen molar-refractivity contribution in [2.24, 2.45) is 5.41 Å². The van der Waals surface area contributed by atoms with Gasteiger partial charge in [-0.3, -0.25) is 0 Å². The molecule has 1 rings (SSSR count). The van der Waals surface area contributed by atoms with E-state index >= 15 is 0 Å². The van der Waals surface area contributed by atoms with E-state index in [1.807, 2.05) is 7.05 Å². The first-order valence-corrected chi connectivity index (χ1v) is 8.30. The van der Waals surface area contributed by atoms with Gasteiger partial charge in [-0.2, -0.15) is 0 Å². The van der Waals surface area contributed by atoms with Gasteiger partial charge in [0.2, 0.25) is 0 Å². The van der Waals surface area contributed by atoms with Gasteiger partial charge in [-0.15, -0.1) is 0 Å². The molecule has 0 amide bonds. The first-order valence-electron chi connectivity index (χ1n) is 6.48. The van der Waals surface area contributed by atoms with E-state index in [9.17, 15) is 8.42 Å². The summed E-state index contributed by atoms with van der Waals surface area (Å²) in [5.41, 5.74) is 0.239. The molecular weight excluding hydrogens is 236 g/mol. The molecule has 1 N–H and O–H groups in total. The molecule has 1 heterocycles. The lowest BCUT2D eigenvalue weighted by atomic mass is 9.86. The first kappa shape index (κ1) is 14.9. The fourth-order valence-corrected chi connectivity index (χ4v) is 3.72. The summed E-state index contributed by atoms with van der Waals surface area (Å²) >= 11 is 0. The van der Waals surface area contributed by atoms with E-state index in [2.05, 4.69) is 24.1 Å². The summed E-state index contributed by atoms with van der Waals surface area (Å²) in [6.07, 6.45) is 1.89. The Morgan fingerprint density at radius 3 is 2.59 bits per heavy atom. The molecule has 0 aromatic carbocycles. The maximum atomic E-state index is 11.5. The van der Waals surface area contributed by atoms with E-state index < -0.39 is 9.84 Å². The van der Waals surface area contributed by atoms with Crippen molar-refractivity contribution in [2.75, 3.05) is 44.7 Å². The summed E-state index contributed by atoms with van der Waals surface area (Å²) in [5.74, 6) is 0.685. The molecule has 1 atom stereocenters. The summed E-state index contributed by atoms with van der Waals surface area (Å²) < 4.78 is 23.1. The molecule has 1 aliphatic heterocycles. The number of nitrogens with one attached hydrogen (secondary N) is 1. The monoisotopic (exact) mass is 262 g/mol. The fourth-order valence-electron chi connectivity index (χ4n) is 2.41. The van der Waals surface area contributed by atoms with Crippen molar-refractivity contribution in [3.8, 4) is 0 Å². The first-order chi connectivity index (χ1) is 7.91. The van der Waals surface area contributed by atoms with Crippen LogP contribution in [0.3, 0.4) is 0 Å². The normalized spacial score (nSPS) is 25.1. The highest BCUT2D eigenvalue weighted by Crippen LogP contribution is 2.22. The molecule has 0 saturated carbocycles. The minimum atomic E-state index is -2.78. The van der Waals surface area contributed by atoms with Crippen molar-refractivity contribution >= 4 is 9.84 Å². The summed E-state index contributed by atoms with van der Waals surface area (Å²) in [5, 5.41) is 3.24. The lowest BCUT2D eigenvalue weighted by Gasteiger charge is -2.34. The second-order valence-corrected chi connectivity index (χ2v) is 7.78. The Bertz CT molecular complexity index is 329. The smallest absolute Gasteiger partial charge is 0.151 e. The van der Waals surface area contributed by atoms with Crippen molar-refractivity contribution in [3.63, 3.8) is 0 Å². The summed E-state index contributed by atoms with van der Waals surface area (Å²) in [4.78, 5) is 2.31. The SMILES string of the molecule is CCC(C)(CNC)CN1CCCS(=O)(=O)CC1. The molecule has 1 fully saturated rings. The van der Waals surface area contributed by atoms with Crippen LogP contribution < -0.4 is 5.32 Å². The minimum Gasteiger partial charge on any atom is -0.319 e. The molecule has 1 aliphatic rings. The molecule has 0 aromatic rings. The van der Waals surface area contributed by atoms with Crippen LogP contribution in [0.4, 0.5) is 0 Å². The van der Waals surface area contributed by atoms with Gasteiger partial charge in [0.05, 0.1) is 11.5 Å². The Balaban J connectivity index is 2.56. The Hall–Kier alpha value is -0.130. The van der Waals surface area contributed by atoms with Gasteiger partial charge in [-0.25, -0.2) is 8.42 Å². The lowest BCUT2D eigenvalue weighted by Crippen LogP contribution is -2.42. The Labute approximate surface area is 106 Å². The van der Waals surface area contributed by atoms with Crippen molar-refractivity contribution in [3.05, 3.63) is 0 Å². The number of sulfone groups is 1. The third-order valence-electron chi connectivity index (χ3n) is 3.71. The van der Waals surface area contributed by atoms with Gasteiger partial charge < -0.3 is 10.2 Å². The molecular formula is C12H26N2O2S. The minimum absolute atomic E-state index is 0.239. The zero-order valence-electron chi connectivity index (χ0n) is 11.3. The standard InChI is InChI=1S/C12H26N2O2S/c1-4-12(2,10-13-3)11-14-6-5-8-17(15,16)9-7-14/h13H,4-11H2,1-3H3. The summed E-state index contributed by atoms with van der Waals surface area (Å²) in [7, 11) is -0.811. The van der Waals surface area contributed by atoms with Gasteiger partial charge in [-0.05, 0) is 31.8 Å². The molecule has 5 heteroatoms. The molecule has 0 aliphatic carbocycles. The van der Waals surface area contributed by atoms with Crippen LogP contribution in [0.2, 0.25) is 0 Å². The maximum Gasteiger partial charge on any atom is 0.151 e. The molecule has 102 valence electrons. The van der Waals surface area contributed by atoms with Crippen LogP contribution in [0.1, 0.15) is 26.7 Å². The van der Waals surface area contributed by atoms with Gasteiger partial charge >= 0.3 is 0 Å². The van der Waals surface area contributed by atoms with E-state index in [1.165, 1.54) is 0 Å². The maximum absolute atomic E-state index is 11.5. The van der Waals surface area contributed by atoms with Gasteiger partial charge in [0.25, 0.3) is 0 Å². The predicted molar refractivity (Wildman–Crippen MR) is 72.0 cm³/mol. The number of nitrogens with zero attached hydrogens (tertiary/aromatic N) is 1. The topological polar surface area (TPSA) is 49.4 Å². The molecule has 4 nitrogen and oxygen atoms in total. The van der Waals surface area contributed by atoms with Crippen molar-refractivity contribution < 1.29 is 8.42 Å². The molecule has 1 unspecified atom stereocenters. The number of hydrogen-bond acceptors (Lipinski definition) is 4. The molecule has 0 bridgehead atoms. The molecule has 0 radical (unpaired) electrons. The quantitative estimate of drug-likeness (QED) is 0.794. The Morgan fingerprint density at radius 2 is 2.00 bits per heavy atom. The third kappa shape index (κ3) is 4.94. The highest BCUT2D eigenvalue weighted by atomic mass is 32.2. The van der Waals surface area contributed by atoms with Crippen LogP contribution in [0, 0.1) is 5.41 Å².